The number of primary amides is 1. The summed E-state index contributed by atoms with van der Waals surface area (Å²) < 4.78 is 15.9. The minimum atomic E-state index is -0.470. The van der Waals surface area contributed by atoms with Crippen molar-refractivity contribution in [2.24, 2.45) is 11.1 Å². The third kappa shape index (κ3) is 5.74. The summed E-state index contributed by atoms with van der Waals surface area (Å²) in [7, 11) is 1.60. The van der Waals surface area contributed by atoms with Crippen molar-refractivity contribution < 1.29 is 18.8 Å². The van der Waals surface area contributed by atoms with Crippen LogP contribution in [-0.4, -0.2) is 35.4 Å². The molecule has 1 saturated carbocycles. The second-order valence-corrected chi connectivity index (χ2v) is 11.1. The van der Waals surface area contributed by atoms with E-state index in [2.05, 4.69) is 24.5 Å². The van der Waals surface area contributed by atoms with Gasteiger partial charge in [0, 0.05) is 48.8 Å². The number of fused-ring (bicyclic) bond motifs is 3. The molecule has 2 aromatic carbocycles. The highest BCUT2D eigenvalue weighted by atomic mass is 19.1. The van der Waals surface area contributed by atoms with Gasteiger partial charge in [0.2, 0.25) is 11.8 Å². The number of carbonyl (C=O) groups is 3. The third-order valence-electron chi connectivity index (χ3n) is 7.44. The molecule has 2 heterocycles. The van der Waals surface area contributed by atoms with Gasteiger partial charge in [-0.3, -0.25) is 19.0 Å². The lowest BCUT2D eigenvalue weighted by molar-refractivity contribution is -0.118. The number of nitrogens with zero attached hydrogens (tertiary/aromatic N) is 1. The Labute approximate surface area is 223 Å². The van der Waals surface area contributed by atoms with Crippen molar-refractivity contribution in [3.8, 4) is 11.1 Å². The Morgan fingerprint density at radius 1 is 1.05 bits per heavy atom. The van der Waals surface area contributed by atoms with E-state index in [1.54, 1.807) is 23.7 Å². The van der Waals surface area contributed by atoms with E-state index in [-0.39, 0.29) is 23.0 Å². The first-order chi connectivity index (χ1) is 18.0. The molecule has 5 rings (SSSR count). The highest BCUT2D eigenvalue weighted by Gasteiger charge is 2.35. The first-order valence-electron chi connectivity index (χ1n) is 13.3. The number of hydrogen-bond acceptors (Lipinski definition) is 4. The molecule has 38 heavy (non-hydrogen) atoms. The van der Waals surface area contributed by atoms with Crippen LogP contribution in [0.2, 0.25) is 0 Å². The Morgan fingerprint density at radius 2 is 1.74 bits per heavy atom. The molecule has 2 amide bonds. The fraction of sp³-hybridized carbons (Fsp3) is 0.433. The monoisotopic (exact) mass is 520 g/mol. The number of hydrogen-bond donors (Lipinski definition) is 3. The van der Waals surface area contributed by atoms with E-state index in [9.17, 15) is 18.8 Å². The fourth-order valence-electron chi connectivity index (χ4n) is 5.59. The quantitative estimate of drug-likeness (QED) is 0.413. The Balaban J connectivity index is 0.000000617. The lowest BCUT2D eigenvalue weighted by atomic mass is 9.80. The number of halogens is 1. The molecule has 1 aliphatic carbocycles. The number of anilines is 1. The molecule has 7 nitrogen and oxygen atoms in total. The zero-order valence-corrected chi connectivity index (χ0v) is 22.6. The van der Waals surface area contributed by atoms with Gasteiger partial charge in [-0.2, -0.15) is 0 Å². The Morgan fingerprint density at radius 3 is 2.37 bits per heavy atom. The van der Waals surface area contributed by atoms with E-state index in [4.69, 9.17) is 5.73 Å². The summed E-state index contributed by atoms with van der Waals surface area (Å²) in [5.74, 6) is -0.847. The number of nitrogens with two attached hydrogens (primary N) is 1. The average molecular weight is 521 g/mol. The maximum Gasteiger partial charge on any atom is 0.250 e. The Hall–Kier alpha value is -3.68. The van der Waals surface area contributed by atoms with Gasteiger partial charge in [-0.1, -0.05) is 39.2 Å². The van der Waals surface area contributed by atoms with Crippen molar-refractivity contribution in [3.05, 3.63) is 53.5 Å². The molecule has 0 bridgehead atoms. The smallest absolute Gasteiger partial charge is 0.250 e. The Kier molecular flexibility index (Phi) is 7.90. The summed E-state index contributed by atoms with van der Waals surface area (Å²) in [4.78, 5) is 35.0. The topological polar surface area (TPSA) is 106 Å². The summed E-state index contributed by atoms with van der Waals surface area (Å²) in [6.45, 7) is 5.64. The van der Waals surface area contributed by atoms with Crippen molar-refractivity contribution in [3.63, 3.8) is 0 Å². The normalized spacial score (nSPS) is 16.8. The molecule has 3 aromatic rings. The Bertz CT molecular complexity index is 1390. The van der Waals surface area contributed by atoms with Crippen molar-refractivity contribution >= 4 is 34.3 Å². The van der Waals surface area contributed by atoms with Gasteiger partial charge in [-0.25, -0.2) is 4.39 Å². The molecule has 1 fully saturated rings. The van der Waals surface area contributed by atoms with Crippen LogP contribution >= 0.6 is 0 Å². The second-order valence-electron chi connectivity index (χ2n) is 11.1. The molecule has 0 spiro atoms. The first kappa shape index (κ1) is 27.4. The summed E-state index contributed by atoms with van der Waals surface area (Å²) in [5, 5.41) is 6.79. The zero-order chi connectivity index (χ0) is 27.6. The van der Waals surface area contributed by atoms with Crippen LogP contribution in [0.25, 0.3) is 22.0 Å². The van der Waals surface area contributed by atoms with E-state index in [0.29, 0.717) is 30.0 Å². The minimum absolute atomic E-state index is 0.00463. The van der Waals surface area contributed by atoms with Crippen LogP contribution < -0.4 is 16.4 Å². The zero-order valence-electron chi connectivity index (χ0n) is 22.6. The molecular weight excluding hydrogens is 483 g/mol. The molecule has 202 valence electrons. The van der Waals surface area contributed by atoms with Crippen LogP contribution in [-0.2, 0) is 11.2 Å². The number of aromatic nitrogens is 1. The molecule has 0 saturated heterocycles. The number of carbonyl (C=O) groups excluding carboxylic acids is 3. The summed E-state index contributed by atoms with van der Waals surface area (Å²) in [6, 6.07) is 10.6. The van der Waals surface area contributed by atoms with Crippen LogP contribution in [0.1, 0.15) is 80.1 Å². The lowest BCUT2D eigenvalue weighted by Gasteiger charge is -2.30. The van der Waals surface area contributed by atoms with E-state index in [1.165, 1.54) is 38.3 Å². The van der Waals surface area contributed by atoms with Crippen molar-refractivity contribution in [1.29, 1.82) is 0 Å². The number of amides is 2. The third-order valence-corrected chi connectivity index (χ3v) is 7.44. The van der Waals surface area contributed by atoms with Gasteiger partial charge < -0.3 is 16.4 Å². The maximum atomic E-state index is 14.2. The van der Waals surface area contributed by atoms with Gasteiger partial charge in [0.15, 0.2) is 0 Å². The second kappa shape index (κ2) is 11.0. The van der Waals surface area contributed by atoms with Gasteiger partial charge in [-0.15, -0.1) is 0 Å². The van der Waals surface area contributed by atoms with Crippen LogP contribution in [0.15, 0.2) is 36.4 Å². The van der Waals surface area contributed by atoms with Crippen LogP contribution in [0.4, 0.5) is 10.1 Å². The van der Waals surface area contributed by atoms with E-state index in [0.717, 1.165) is 40.7 Å². The standard InChI is InChI=1S/C27H30FN3O2.C3H7NO/c1-27(2)14-23-25(20-11-9-17(28)13-22(20)31(23)24(32)15-27)16-8-10-19(26(29)33)21(12-16)30-18-6-4-3-5-7-18;1-3(5)4-2/h8-13,18,30H,3-7,14-15H2,1-2H3,(H2,29,33);1-2H3,(H,4,5). The average Bonchev–Trinajstić information content (AvgIpc) is 3.17. The maximum absolute atomic E-state index is 14.2. The highest BCUT2D eigenvalue weighted by Crippen LogP contribution is 2.43. The number of benzene rings is 2. The van der Waals surface area contributed by atoms with Crippen molar-refractivity contribution in [2.75, 3.05) is 12.4 Å². The van der Waals surface area contributed by atoms with Crippen LogP contribution in [0.3, 0.4) is 0 Å². The number of nitrogens with one attached hydrogen (secondary N) is 2. The predicted molar refractivity (Wildman–Crippen MR) is 149 cm³/mol. The summed E-state index contributed by atoms with van der Waals surface area (Å²) in [5.41, 5.74) is 10.0. The molecule has 1 aromatic heterocycles. The molecule has 0 atom stereocenters. The molecular formula is C30H37FN4O3. The summed E-state index contributed by atoms with van der Waals surface area (Å²) in [6.07, 6.45) is 6.82. The first-order valence-corrected chi connectivity index (χ1v) is 13.3. The largest absolute Gasteiger partial charge is 0.382 e. The molecule has 2 aliphatic rings. The molecule has 0 unspecified atom stereocenters. The summed E-state index contributed by atoms with van der Waals surface area (Å²) >= 11 is 0. The lowest BCUT2D eigenvalue weighted by Crippen LogP contribution is -2.31. The van der Waals surface area contributed by atoms with Gasteiger partial charge in [0.05, 0.1) is 11.1 Å². The van der Waals surface area contributed by atoms with Crippen LogP contribution in [0, 0.1) is 11.2 Å². The van der Waals surface area contributed by atoms with Crippen molar-refractivity contribution in [2.45, 2.75) is 71.8 Å². The van der Waals surface area contributed by atoms with Crippen molar-refractivity contribution in [1.82, 2.24) is 9.88 Å². The highest BCUT2D eigenvalue weighted by molar-refractivity contribution is 6.06. The predicted octanol–water partition coefficient (Wildman–Crippen LogP) is 5.66. The fourth-order valence-corrected chi connectivity index (χ4v) is 5.59. The van der Waals surface area contributed by atoms with Gasteiger partial charge >= 0.3 is 0 Å². The van der Waals surface area contributed by atoms with E-state index >= 15 is 0 Å². The number of rotatable bonds is 4. The van der Waals surface area contributed by atoms with Crippen LogP contribution in [0.5, 0.6) is 0 Å². The van der Waals surface area contributed by atoms with Gasteiger partial charge in [0.1, 0.15) is 5.82 Å². The molecule has 0 radical (unpaired) electrons. The molecule has 1 aliphatic heterocycles. The molecule has 4 N–H and O–H groups in total. The molecule has 8 heteroatoms. The SMILES string of the molecule is CC1(C)CC(=O)n2c(c(-c3ccc(C(N)=O)c(NC4CCCCC4)c3)c3ccc(F)cc32)C1.CNC(C)=O. The van der Waals surface area contributed by atoms with Gasteiger partial charge in [0.25, 0.3) is 5.91 Å². The van der Waals surface area contributed by atoms with Gasteiger partial charge in [-0.05, 0) is 60.6 Å². The minimum Gasteiger partial charge on any atom is -0.382 e. The van der Waals surface area contributed by atoms with E-state index < -0.39 is 5.91 Å². The van der Waals surface area contributed by atoms with E-state index in [1.807, 2.05) is 12.1 Å².